The zero-order chi connectivity index (χ0) is 14.6. The van der Waals surface area contributed by atoms with E-state index in [1.807, 2.05) is 30.3 Å². The molecule has 0 bridgehead atoms. The van der Waals surface area contributed by atoms with Gasteiger partial charge < -0.3 is 11.1 Å². The highest BCUT2D eigenvalue weighted by Crippen LogP contribution is 2.18. The van der Waals surface area contributed by atoms with Gasteiger partial charge in [-0.3, -0.25) is 4.72 Å². The smallest absolute Gasteiger partial charge is 0.296 e. The first-order valence-electron chi connectivity index (χ1n) is 5.92. The van der Waals surface area contributed by atoms with E-state index in [-0.39, 0.29) is 0 Å². The molecule has 0 heterocycles. The predicted octanol–water partition coefficient (Wildman–Crippen LogP) is 1.50. The van der Waals surface area contributed by atoms with Crippen molar-refractivity contribution in [2.24, 2.45) is 5.14 Å². The van der Waals surface area contributed by atoms with E-state index < -0.39 is 10.2 Å². The van der Waals surface area contributed by atoms with Gasteiger partial charge in [-0.1, -0.05) is 24.3 Å². The van der Waals surface area contributed by atoms with Crippen molar-refractivity contribution in [3.8, 4) is 0 Å². The Morgan fingerprint density at radius 3 is 2.40 bits per heavy atom. The van der Waals surface area contributed by atoms with Gasteiger partial charge in [0.2, 0.25) is 0 Å². The van der Waals surface area contributed by atoms with Crippen LogP contribution in [0.25, 0.3) is 0 Å². The van der Waals surface area contributed by atoms with Gasteiger partial charge in [-0.05, 0) is 29.8 Å². The van der Waals surface area contributed by atoms with Crippen molar-refractivity contribution in [3.63, 3.8) is 0 Å². The van der Waals surface area contributed by atoms with Crippen molar-refractivity contribution in [1.29, 1.82) is 0 Å². The van der Waals surface area contributed by atoms with Crippen molar-refractivity contribution in [3.05, 3.63) is 54.1 Å². The molecule has 0 aliphatic heterocycles. The molecule has 0 amide bonds. The molecule has 0 aliphatic carbocycles. The lowest BCUT2D eigenvalue weighted by atomic mass is 10.2. The first-order valence-corrected chi connectivity index (χ1v) is 7.46. The summed E-state index contributed by atoms with van der Waals surface area (Å²) in [5.74, 6) is 0. The minimum atomic E-state index is -3.77. The third-order valence-corrected chi connectivity index (χ3v) is 3.18. The van der Waals surface area contributed by atoms with Gasteiger partial charge in [-0.25, -0.2) is 5.14 Å². The van der Waals surface area contributed by atoms with Gasteiger partial charge in [0.1, 0.15) is 0 Å². The predicted molar refractivity (Wildman–Crippen MR) is 81.4 cm³/mol. The average Bonchev–Trinajstić information content (AvgIpc) is 2.36. The monoisotopic (exact) mass is 292 g/mol. The van der Waals surface area contributed by atoms with Crippen LogP contribution in [0.3, 0.4) is 0 Å². The number of para-hydroxylation sites is 1. The van der Waals surface area contributed by atoms with Crippen LogP contribution in [0.5, 0.6) is 0 Å². The molecule has 0 radical (unpaired) electrons. The molecule has 0 atom stereocenters. The van der Waals surface area contributed by atoms with Gasteiger partial charge in [0, 0.05) is 17.9 Å². The van der Waals surface area contributed by atoms with Gasteiger partial charge >= 0.3 is 0 Å². The molecule has 2 aromatic rings. The molecule has 0 unspecified atom stereocenters. The van der Waals surface area contributed by atoms with E-state index in [2.05, 4.69) is 10.0 Å². The summed E-state index contributed by atoms with van der Waals surface area (Å²) in [6.07, 6.45) is 0. The number of nitrogens with two attached hydrogens (primary N) is 2. The molecule has 0 spiro atoms. The van der Waals surface area contributed by atoms with E-state index >= 15 is 0 Å². The fraction of sp³-hybridized carbons (Fsp3) is 0.0769. The highest BCUT2D eigenvalue weighted by molar-refractivity contribution is 7.90. The second kappa shape index (κ2) is 5.81. The van der Waals surface area contributed by atoms with Crippen molar-refractivity contribution < 1.29 is 8.42 Å². The fourth-order valence-electron chi connectivity index (χ4n) is 1.75. The Balaban J connectivity index is 2.07. The fourth-order valence-corrected chi connectivity index (χ4v) is 2.20. The van der Waals surface area contributed by atoms with E-state index in [0.717, 1.165) is 11.3 Å². The molecule has 0 aromatic heterocycles. The molecule has 0 saturated heterocycles. The van der Waals surface area contributed by atoms with Crippen molar-refractivity contribution in [2.45, 2.75) is 6.54 Å². The molecule has 0 fully saturated rings. The number of benzene rings is 2. The highest BCUT2D eigenvalue weighted by Gasteiger charge is 2.03. The lowest BCUT2D eigenvalue weighted by Gasteiger charge is -2.10. The van der Waals surface area contributed by atoms with Crippen LogP contribution in [0, 0.1) is 0 Å². The molecule has 6 nitrogen and oxygen atoms in total. The summed E-state index contributed by atoms with van der Waals surface area (Å²) in [6, 6.07) is 14.4. The first kappa shape index (κ1) is 14.2. The summed E-state index contributed by atoms with van der Waals surface area (Å²) in [5.41, 5.74) is 8.69. The Kier molecular flexibility index (Phi) is 4.11. The molecule has 6 N–H and O–H groups in total. The van der Waals surface area contributed by atoms with E-state index in [1.165, 1.54) is 0 Å². The van der Waals surface area contributed by atoms with E-state index in [1.54, 1.807) is 18.2 Å². The Morgan fingerprint density at radius 2 is 1.70 bits per heavy atom. The quantitative estimate of drug-likeness (QED) is 0.626. The number of hydrogen-bond acceptors (Lipinski definition) is 4. The number of anilines is 3. The molecule has 20 heavy (non-hydrogen) atoms. The van der Waals surface area contributed by atoms with Crippen LogP contribution in [0.1, 0.15) is 5.56 Å². The Labute approximate surface area is 118 Å². The molecule has 0 saturated carbocycles. The number of nitrogen functional groups attached to an aromatic ring is 1. The van der Waals surface area contributed by atoms with Crippen LogP contribution in [-0.2, 0) is 16.8 Å². The molecule has 0 aliphatic rings. The molecule has 2 rings (SSSR count). The zero-order valence-electron chi connectivity index (χ0n) is 10.7. The molecular formula is C13H16N4O2S. The van der Waals surface area contributed by atoms with Crippen LogP contribution in [0.2, 0.25) is 0 Å². The normalized spacial score (nSPS) is 11.1. The lowest BCUT2D eigenvalue weighted by Crippen LogP contribution is -2.21. The van der Waals surface area contributed by atoms with E-state index in [9.17, 15) is 8.42 Å². The summed E-state index contributed by atoms with van der Waals surface area (Å²) >= 11 is 0. The third-order valence-electron chi connectivity index (χ3n) is 2.66. The minimum Gasteiger partial charge on any atom is -0.398 e. The Hall–Kier alpha value is -2.25. The number of hydrogen-bond donors (Lipinski definition) is 4. The number of rotatable bonds is 5. The van der Waals surface area contributed by atoms with Crippen molar-refractivity contribution in [2.75, 3.05) is 15.8 Å². The zero-order valence-corrected chi connectivity index (χ0v) is 11.5. The first-order chi connectivity index (χ1) is 9.44. The summed E-state index contributed by atoms with van der Waals surface area (Å²) < 4.78 is 24.1. The Morgan fingerprint density at radius 1 is 1.00 bits per heavy atom. The van der Waals surface area contributed by atoms with Gasteiger partial charge in [0.05, 0.1) is 5.69 Å². The summed E-state index contributed by atoms with van der Waals surface area (Å²) in [7, 11) is -3.77. The standard InChI is InChI=1S/C13H16N4O2S/c14-13-7-2-1-4-10(13)9-16-11-5-3-6-12(8-11)17-20(15,18)19/h1-8,16-17H,9,14H2,(H2,15,18,19). The summed E-state index contributed by atoms with van der Waals surface area (Å²) in [6.45, 7) is 0.547. The van der Waals surface area contributed by atoms with Crippen LogP contribution >= 0.6 is 0 Å². The van der Waals surface area contributed by atoms with Gasteiger partial charge in [-0.15, -0.1) is 0 Å². The lowest BCUT2D eigenvalue weighted by molar-refractivity contribution is 0.603. The van der Waals surface area contributed by atoms with Crippen LogP contribution in [-0.4, -0.2) is 8.42 Å². The minimum absolute atomic E-state index is 0.401. The van der Waals surface area contributed by atoms with Crippen LogP contribution in [0.4, 0.5) is 17.1 Å². The van der Waals surface area contributed by atoms with E-state index in [0.29, 0.717) is 17.9 Å². The highest BCUT2D eigenvalue weighted by atomic mass is 32.2. The van der Waals surface area contributed by atoms with Gasteiger partial charge in [0.15, 0.2) is 0 Å². The van der Waals surface area contributed by atoms with Gasteiger partial charge in [-0.2, -0.15) is 8.42 Å². The summed E-state index contributed by atoms with van der Waals surface area (Å²) in [4.78, 5) is 0. The van der Waals surface area contributed by atoms with E-state index in [4.69, 9.17) is 10.9 Å². The Bertz CT molecular complexity index is 701. The summed E-state index contributed by atoms with van der Waals surface area (Å²) in [5, 5.41) is 8.10. The second-order valence-electron chi connectivity index (χ2n) is 4.28. The molecule has 7 heteroatoms. The number of nitrogens with one attached hydrogen (secondary N) is 2. The van der Waals surface area contributed by atoms with Gasteiger partial charge in [0.25, 0.3) is 10.2 Å². The molecule has 2 aromatic carbocycles. The largest absolute Gasteiger partial charge is 0.398 e. The maximum atomic E-state index is 11.0. The van der Waals surface area contributed by atoms with Crippen molar-refractivity contribution >= 4 is 27.3 Å². The van der Waals surface area contributed by atoms with Crippen molar-refractivity contribution in [1.82, 2.24) is 0 Å². The van der Waals surface area contributed by atoms with Crippen LogP contribution in [0.15, 0.2) is 48.5 Å². The molecule has 106 valence electrons. The maximum Gasteiger partial charge on any atom is 0.296 e. The maximum absolute atomic E-state index is 11.0. The topological polar surface area (TPSA) is 110 Å². The molecular weight excluding hydrogens is 276 g/mol. The SMILES string of the molecule is Nc1ccccc1CNc1cccc(NS(N)(=O)=O)c1. The average molecular weight is 292 g/mol. The third kappa shape index (κ3) is 4.15. The van der Waals surface area contributed by atoms with Crippen LogP contribution < -0.4 is 20.9 Å². The second-order valence-corrected chi connectivity index (χ2v) is 5.57.